The minimum atomic E-state index is -3.55. The third-order valence-electron chi connectivity index (χ3n) is 3.97. The van der Waals surface area contributed by atoms with Crippen molar-refractivity contribution < 1.29 is 17.6 Å². The van der Waals surface area contributed by atoms with Crippen LogP contribution in [0.25, 0.3) is 0 Å². The summed E-state index contributed by atoms with van der Waals surface area (Å²) in [5.74, 6) is 1.39. The number of benzene rings is 1. The SMILES string of the molecule is COc1ccccc1N1CCN(S(=O)(=O)c2ccc(C)o2)CC1. The maximum atomic E-state index is 12.6. The number of aryl methyl sites for hydroxylation is 1. The lowest BCUT2D eigenvalue weighted by Gasteiger charge is -2.35. The van der Waals surface area contributed by atoms with E-state index in [2.05, 4.69) is 4.90 Å². The van der Waals surface area contributed by atoms with E-state index in [1.54, 1.807) is 20.1 Å². The molecule has 23 heavy (non-hydrogen) atoms. The molecular formula is C16H20N2O4S. The Morgan fingerprint density at radius 3 is 2.35 bits per heavy atom. The topological polar surface area (TPSA) is 63.0 Å². The zero-order valence-corrected chi connectivity index (χ0v) is 14.0. The van der Waals surface area contributed by atoms with E-state index in [1.165, 1.54) is 10.4 Å². The van der Waals surface area contributed by atoms with Crippen LogP contribution >= 0.6 is 0 Å². The molecule has 0 amide bonds. The van der Waals surface area contributed by atoms with Crippen molar-refractivity contribution in [3.8, 4) is 5.75 Å². The molecule has 2 aromatic rings. The molecule has 0 atom stereocenters. The van der Waals surface area contributed by atoms with Crippen molar-refractivity contribution in [3.05, 3.63) is 42.2 Å². The Kier molecular flexibility index (Phi) is 4.32. The zero-order valence-electron chi connectivity index (χ0n) is 13.2. The fraction of sp³-hybridized carbons (Fsp3) is 0.375. The molecule has 3 rings (SSSR count). The van der Waals surface area contributed by atoms with Gasteiger partial charge < -0.3 is 14.1 Å². The second kappa shape index (κ2) is 6.25. The molecule has 1 aromatic heterocycles. The molecule has 124 valence electrons. The molecule has 7 heteroatoms. The largest absolute Gasteiger partial charge is 0.495 e. The summed E-state index contributed by atoms with van der Waals surface area (Å²) in [6.07, 6.45) is 0. The van der Waals surface area contributed by atoms with Gasteiger partial charge in [-0.05, 0) is 31.2 Å². The van der Waals surface area contributed by atoms with Crippen LogP contribution in [-0.4, -0.2) is 46.0 Å². The first kappa shape index (κ1) is 15.9. The van der Waals surface area contributed by atoms with E-state index in [9.17, 15) is 8.42 Å². The fourth-order valence-corrected chi connectivity index (χ4v) is 4.11. The molecular weight excluding hydrogens is 316 g/mol. The Labute approximate surface area is 136 Å². The van der Waals surface area contributed by atoms with Crippen molar-refractivity contribution in [1.29, 1.82) is 0 Å². The third-order valence-corrected chi connectivity index (χ3v) is 5.75. The van der Waals surface area contributed by atoms with Crippen LogP contribution in [0.1, 0.15) is 5.76 Å². The highest BCUT2D eigenvalue weighted by atomic mass is 32.2. The van der Waals surface area contributed by atoms with Gasteiger partial charge in [0.05, 0.1) is 12.8 Å². The second-order valence-electron chi connectivity index (χ2n) is 5.43. The summed E-state index contributed by atoms with van der Waals surface area (Å²) in [4.78, 5) is 2.14. The van der Waals surface area contributed by atoms with Crippen molar-refractivity contribution >= 4 is 15.7 Å². The maximum absolute atomic E-state index is 12.6. The lowest BCUT2D eigenvalue weighted by molar-refractivity contribution is 0.354. The van der Waals surface area contributed by atoms with Crippen molar-refractivity contribution in [3.63, 3.8) is 0 Å². The maximum Gasteiger partial charge on any atom is 0.276 e. The number of piperazine rings is 1. The highest BCUT2D eigenvalue weighted by Gasteiger charge is 2.31. The van der Waals surface area contributed by atoms with Crippen LogP contribution in [0.15, 0.2) is 45.9 Å². The van der Waals surface area contributed by atoms with Gasteiger partial charge in [-0.25, -0.2) is 8.42 Å². The second-order valence-corrected chi connectivity index (χ2v) is 7.30. The molecule has 2 heterocycles. The van der Waals surface area contributed by atoms with Gasteiger partial charge in [0.2, 0.25) is 5.09 Å². The average Bonchev–Trinajstić information content (AvgIpc) is 3.02. The smallest absolute Gasteiger partial charge is 0.276 e. The first-order valence-electron chi connectivity index (χ1n) is 7.47. The van der Waals surface area contributed by atoms with E-state index in [4.69, 9.17) is 9.15 Å². The van der Waals surface area contributed by atoms with Crippen LogP contribution in [0.2, 0.25) is 0 Å². The molecule has 0 aliphatic carbocycles. The number of sulfonamides is 1. The van der Waals surface area contributed by atoms with Gasteiger partial charge in [0.15, 0.2) is 0 Å². The predicted molar refractivity (Wildman–Crippen MR) is 87.4 cm³/mol. The van der Waals surface area contributed by atoms with Crippen LogP contribution in [0.4, 0.5) is 5.69 Å². The van der Waals surface area contributed by atoms with Crippen molar-refractivity contribution in [1.82, 2.24) is 4.31 Å². The molecule has 0 N–H and O–H groups in total. The first-order valence-corrected chi connectivity index (χ1v) is 8.91. The molecule has 1 aliphatic heterocycles. The number of furan rings is 1. The van der Waals surface area contributed by atoms with Gasteiger partial charge in [0, 0.05) is 26.2 Å². The predicted octanol–water partition coefficient (Wildman–Crippen LogP) is 2.11. The van der Waals surface area contributed by atoms with E-state index < -0.39 is 10.0 Å². The van der Waals surface area contributed by atoms with Crippen LogP contribution < -0.4 is 9.64 Å². The molecule has 0 bridgehead atoms. The van der Waals surface area contributed by atoms with Crippen molar-refractivity contribution in [2.45, 2.75) is 12.0 Å². The number of methoxy groups -OCH3 is 1. The molecule has 1 aromatic carbocycles. The Morgan fingerprint density at radius 1 is 1.04 bits per heavy atom. The van der Waals surface area contributed by atoms with E-state index in [0.717, 1.165) is 11.4 Å². The van der Waals surface area contributed by atoms with Gasteiger partial charge in [-0.3, -0.25) is 0 Å². The van der Waals surface area contributed by atoms with E-state index >= 15 is 0 Å². The number of ether oxygens (including phenoxy) is 1. The standard InChI is InChI=1S/C16H20N2O4S/c1-13-7-8-16(22-13)23(19,20)18-11-9-17(10-12-18)14-5-3-4-6-15(14)21-2/h3-8H,9-12H2,1-2H3. The summed E-state index contributed by atoms with van der Waals surface area (Å²) < 4.78 is 37.2. The van der Waals surface area contributed by atoms with Crippen LogP contribution in [0, 0.1) is 6.92 Å². The van der Waals surface area contributed by atoms with Crippen molar-refractivity contribution in [2.24, 2.45) is 0 Å². The van der Waals surface area contributed by atoms with Crippen LogP contribution in [0.5, 0.6) is 5.75 Å². The number of anilines is 1. The summed E-state index contributed by atoms with van der Waals surface area (Å²) in [5, 5.41) is 0.0146. The number of rotatable bonds is 4. The fourth-order valence-electron chi connectivity index (χ4n) is 2.74. The summed E-state index contributed by atoms with van der Waals surface area (Å²) >= 11 is 0. The molecule has 1 fully saturated rings. The lowest BCUT2D eigenvalue weighted by atomic mass is 10.2. The molecule has 1 saturated heterocycles. The minimum absolute atomic E-state index is 0.0146. The monoisotopic (exact) mass is 336 g/mol. The Morgan fingerprint density at radius 2 is 1.74 bits per heavy atom. The number of nitrogens with zero attached hydrogens (tertiary/aromatic N) is 2. The number of hydrogen-bond acceptors (Lipinski definition) is 5. The Bertz CT molecular complexity index is 777. The highest BCUT2D eigenvalue weighted by Crippen LogP contribution is 2.29. The normalized spacial score (nSPS) is 16.5. The van der Waals surface area contributed by atoms with Gasteiger partial charge in [-0.15, -0.1) is 0 Å². The summed E-state index contributed by atoms with van der Waals surface area (Å²) in [6, 6.07) is 10.9. The number of hydrogen-bond donors (Lipinski definition) is 0. The van der Waals surface area contributed by atoms with E-state index in [1.807, 2.05) is 24.3 Å². The summed E-state index contributed by atoms with van der Waals surface area (Å²) in [5.41, 5.74) is 0.987. The summed E-state index contributed by atoms with van der Waals surface area (Å²) in [6.45, 7) is 3.79. The van der Waals surface area contributed by atoms with Gasteiger partial charge in [0.25, 0.3) is 10.0 Å². The third kappa shape index (κ3) is 3.07. The average molecular weight is 336 g/mol. The number of para-hydroxylation sites is 2. The van der Waals surface area contributed by atoms with Gasteiger partial charge in [-0.1, -0.05) is 12.1 Å². The van der Waals surface area contributed by atoms with Gasteiger partial charge >= 0.3 is 0 Å². The minimum Gasteiger partial charge on any atom is -0.495 e. The highest BCUT2D eigenvalue weighted by molar-refractivity contribution is 7.89. The molecule has 0 saturated carbocycles. The Hall–Kier alpha value is -1.99. The summed E-state index contributed by atoms with van der Waals surface area (Å²) in [7, 11) is -1.92. The molecule has 0 radical (unpaired) electrons. The molecule has 0 unspecified atom stereocenters. The first-order chi connectivity index (χ1) is 11.0. The molecule has 6 nitrogen and oxygen atoms in total. The molecule has 0 spiro atoms. The van der Waals surface area contributed by atoms with Crippen LogP contribution in [-0.2, 0) is 10.0 Å². The zero-order chi connectivity index (χ0) is 16.4. The van der Waals surface area contributed by atoms with Gasteiger partial charge in [0.1, 0.15) is 11.5 Å². The lowest BCUT2D eigenvalue weighted by Crippen LogP contribution is -2.48. The molecule has 1 aliphatic rings. The van der Waals surface area contributed by atoms with Crippen molar-refractivity contribution in [2.75, 3.05) is 38.2 Å². The van der Waals surface area contributed by atoms with Gasteiger partial charge in [-0.2, -0.15) is 4.31 Å². The van der Waals surface area contributed by atoms with E-state index in [0.29, 0.717) is 31.9 Å². The quantitative estimate of drug-likeness (QED) is 0.856. The van der Waals surface area contributed by atoms with Crippen LogP contribution in [0.3, 0.4) is 0 Å². The van der Waals surface area contributed by atoms with E-state index in [-0.39, 0.29) is 5.09 Å². The Balaban J connectivity index is 1.73.